The second kappa shape index (κ2) is 5.97. The van der Waals surface area contributed by atoms with Gasteiger partial charge in [-0.3, -0.25) is 4.99 Å². The highest BCUT2D eigenvalue weighted by Gasteiger charge is 2.07. The van der Waals surface area contributed by atoms with E-state index in [9.17, 15) is 0 Å². The Kier molecular flexibility index (Phi) is 4.83. The van der Waals surface area contributed by atoms with Gasteiger partial charge in [-0.15, -0.1) is 0 Å². The SMILES string of the molecule is CCC(CO)CCCN1C=NCC1. The van der Waals surface area contributed by atoms with E-state index in [-0.39, 0.29) is 0 Å². The van der Waals surface area contributed by atoms with Crippen LogP contribution in [-0.4, -0.2) is 42.6 Å². The Morgan fingerprint density at radius 2 is 2.46 bits per heavy atom. The second-order valence-corrected chi connectivity index (χ2v) is 3.66. The number of aliphatic imine (C=N–C) groups is 1. The maximum Gasteiger partial charge on any atom is 0.0851 e. The summed E-state index contributed by atoms with van der Waals surface area (Å²) >= 11 is 0. The first-order valence-corrected chi connectivity index (χ1v) is 5.21. The molecule has 0 spiro atoms. The van der Waals surface area contributed by atoms with Gasteiger partial charge in [-0.25, -0.2) is 0 Å². The molecule has 1 aliphatic rings. The molecule has 0 bridgehead atoms. The first-order valence-electron chi connectivity index (χ1n) is 5.21. The maximum absolute atomic E-state index is 8.98. The van der Waals surface area contributed by atoms with Crippen LogP contribution in [0.5, 0.6) is 0 Å². The molecule has 0 fully saturated rings. The summed E-state index contributed by atoms with van der Waals surface area (Å²) in [5, 5.41) is 8.98. The fourth-order valence-electron chi connectivity index (χ4n) is 1.59. The minimum Gasteiger partial charge on any atom is -0.396 e. The molecule has 0 saturated heterocycles. The van der Waals surface area contributed by atoms with E-state index in [4.69, 9.17) is 5.11 Å². The topological polar surface area (TPSA) is 35.8 Å². The van der Waals surface area contributed by atoms with Crippen molar-refractivity contribution in [3.05, 3.63) is 0 Å². The second-order valence-electron chi connectivity index (χ2n) is 3.66. The fourth-order valence-corrected chi connectivity index (χ4v) is 1.59. The first-order chi connectivity index (χ1) is 6.36. The monoisotopic (exact) mass is 184 g/mol. The molecule has 76 valence electrons. The minimum absolute atomic E-state index is 0.338. The molecule has 1 atom stereocenters. The molecule has 1 unspecified atom stereocenters. The van der Waals surface area contributed by atoms with Crippen LogP contribution < -0.4 is 0 Å². The van der Waals surface area contributed by atoms with Crippen LogP contribution in [0.1, 0.15) is 26.2 Å². The third-order valence-electron chi connectivity index (χ3n) is 2.65. The van der Waals surface area contributed by atoms with E-state index in [0.717, 1.165) is 32.5 Å². The molecule has 3 nitrogen and oxygen atoms in total. The van der Waals surface area contributed by atoms with Crippen molar-refractivity contribution in [1.29, 1.82) is 0 Å². The number of nitrogens with zero attached hydrogens (tertiary/aromatic N) is 2. The number of aliphatic hydroxyl groups excluding tert-OH is 1. The van der Waals surface area contributed by atoms with E-state index in [0.29, 0.717) is 12.5 Å². The van der Waals surface area contributed by atoms with Crippen molar-refractivity contribution in [3.8, 4) is 0 Å². The molecule has 0 amide bonds. The summed E-state index contributed by atoms with van der Waals surface area (Å²) in [6.07, 6.45) is 5.34. The lowest BCUT2D eigenvalue weighted by molar-refractivity contribution is 0.210. The largest absolute Gasteiger partial charge is 0.396 e. The number of aliphatic hydroxyl groups is 1. The van der Waals surface area contributed by atoms with Gasteiger partial charge in [0.1, 0.15) is 0 Å². The Balaban J connectivity index is 2.02. The van der Waals surface area contributed by atoms with E-state index in [2.05, 4.69) is 16.8 Å². The summed E-state index contributed by atoms with van der Waals surface area (Å²) in [7, 11) is 0. The van der Waals surface area contributed by atoms with Gasteiger partial charge in [0.2, 0.25) is 0 Å². The van der Waals surface area contributed by atoms with Crippen LogP contribution in [0.3, 0.4) is 0 Å². The minimum atomic E-state index is 0.338. The van der Waals surface area contributed by atoms with Crippen molar-refractivity contribution in [3.63, 3.8) is 0 Å². The van der Waals surface area contributed by atoms with Gasteiger partial charge in [0, 0.05) is 19.7 Å². The first kappa shape index (κ1) is 10.5. The van der Waals surface area contributed by atoms with Crippen LogP contribution in [0.15, 0.2) is 4.99 Å². The maximum atomic E-state index is 8.98. The Bertz CT molecular complexity index is 155. The normalized spacial score (nSPS) is 18.2. The van der Waals surface area contributed by atoms with Gasteiger partial charge in [-0.05, 0) is 18.8 Å². The zero-order valence-corrected chi connectivity index (χ0v) is 8.45. The third-order valence-corrected chi connectivity index (χ3v) is 2.65. The van der Waals surface area contributed by atoms with E-state index in [1.54, 1.807) is 0 Å². The van der Waals surface area contributed by atoms with Crippen molar-refractivity contribution < 1.29 is 5.11 Å². The summed E-state index contributed by atoms with van der Waals surface area (Å²) in [4.78, 5) is 6.41. The lowest BCUT2D eigenvalue weighted by Gasteiger charge is -2.16. The summed E-state index contributed by atoms with van der Waals surface area (Å²) in [6.45, 7) is 5.61. The Hall–Kier alpha value is -0.570. The quantitative estimate of drug-likeness (QED) is 0.671. The van der Waals surface area contributed by atoms with Gasteiger partial charge in [0.25, 0.3) is 0 Å². The van der Waals surface area contributed by atoms with Crippen LogP contribution in [0.2, 0.25) is 0 Å². The zero-order valence-electron chi connectivity index (χ0n) is 8.45. The Morgan fingerprint density at radius 1 is 1.62 bits per heavy atom. The van der Waals surface area contributed by atoms with Crippen molar-refractivity contribution in [1.82, 2.24) is 4.90 Å². The Morgan fingerprint density at radius 3 is 3.00 bits per heavy atom. The standard InChI is InChI=1S/C10H20N2O/c1-2-10(8-13)4-3-6-12-7-5-11-9-12/h9-10,13H,2-8H2,1H3. The van der Waals surface area contributed by atoms with Crippen LogP contribution in [0, 0.1) is 5.92 Å². The predicted molar refractivity (Wildman–Crippen MR) is 55.0 cm³/mol. The van der Waals surface area contributed by atoms with Gasteiger partial charge in [0.15, 0.2) is 0 Å². The molecule has 1 aliphatic heterocycles. The van der Waals surface area contributed by atoms with E-state index in [1.807, 2.05) is 6.34 Å². The zero-order chi connectivity index (χ0) is 9.52. The molecule has 0 saturated carbocycles. The summed E-state index contributed by atoms with van der Waals surface area (Å²) in [6, 6.07) is 0. The molecular weight excluding hydrogens is 164 g/mol. The molecule has 13 heavy (non-hydrogen) atoms. The smallest absolute Gasteiger partial charge is 0.0851 e. The molecule has 0 aromatic rings. The lowest BCUT2D eigenvalue weighted by Crippen LogP contribution is -2.21. The van der Waals surface area contributed by atoms with Gasteiger partial charge >= 0.3 is 0 Å². The van der Waals surface area contributed by atoms with Crippen molar-refractivity contribution in [2.24, 2.45) is 10.9 Å². The van der Waals surface area contributed by atoms with Gasteiger partial charge < -0.3 is 10.0 Å². The van der Waals surface area contributed by atoms with Gasteiger partial charge in [-0.1, -0.05) is 13.3 Å². The highest BCUT2D eigenvalue weighted by molar-refractivity contribution is 5.56. The molecule has 0 aliphatic carbocycles. The molecule has 0 aromatic carbocycles. The summed E-state index contributed by atoms with van der Waals surface area (Å²) in [5.74, 6) is 0.500. The molecule has 1 N–H and O–H groups in total. The van der Waals surface area contributed by atoms with E-state index in [1.165, 1.54) is 6.42 Å². The molecule has 0 aromatic heterocycles. The molecule has 0 radical (unpaired) electrons. The van der Waals surface area contributed by atoms with Gasteiger partial charge in [-0.2, -0.15) is 0 Å². The van der Waals surface area contributed by atoms with Crippen LogP contribution in [-0.2, 0) is 0 Å². The van der Waals surface area contributed by atoms with Crippen LogP contribution in [0.4, 0.5) is 0 Å². The van der Waals surface area contributed by atoms with Crippen LogP contribution in [0.25, 0.3) is 0 Å². The molecule has 3 heteroatoms. The molecular formula is C10H20N2O. The number of hydrogen-bond donors (Lipinski definition) is 1. The average molecular weight is 184 g/mol. The van der Waals surface area contributed by atoms with Crippen molar-refractivity contribution in [2.75, 3.05) is 26.2 Å². The highest BCUT2D eigenvalue weighted by Crippen LogP contribution is 2.10. The number of hydrogen-bond acceptors (Lipinski definition) is 3. The summed E-state index contributed by atoms with van der Waals surface area (Å²) in [5.41, 5.74) is 0. The highest BCUT2D eigenvalue weighted by atomic mass is 16.3. The fraction of sp³-hybridized carbons (Fsp3) is 0.900. The van der Waals surface area contributed by atoms with Crippen molar-refractivity contribution in [2.45, 2.75) is 26.2 Å². The predicted octanol–water partition coefficient (Wildman–Crippen LogP) is 1.13. The van der Waals surface area contributed by atoms with Gasteiger partial charge in [0.05, 0.1) is 12.9 Å². The van der Waals surface area contributed by atoms with Crippen molar-refractivity contribution >= 4 is 6.34 Å². The molecule has 1 heterocycles. The van der Waals surface area contributed by atoms with E-state index >= 15 is 0 Å². The lowest BCUT2D eigenvalue weighted by atomic mass is 10.0. The third kappa shape index (κ3) is 3.77. The number of rotatable bonds is 6. The van der Waals surface area contributed by atoms with E-state index < -0.39 is 0 Å². The average Bonchev–Trinajstić information content (AvgIpc) is 2.65. The summed E-state index contributed by atoms with van der Waals surface area (Å²) < 4.78 is 0. The molecule has 1 rings (SSSR count). The van der Waals surface area contributed by atoms with Crippen LogP contribution >= 0.6 is 0 Å². The Labute approximate surface area is 80.5 Å².